The summed E-state index contributed by atoms with van der Waals surface area (Å²) in [5.41, 5.74) is 0.541. The molecule has 0 N–H and O–H groups in total. The molecular weight excluding hydrogens is 356 g/mol. The monoisotopic (exact) mass is 382 g/mol. The largest absolute Gasteiger partial charge is 0.493 e. The lowest BCUT2D eigenvalue weighted by atomic mass is 9.95. The van der Waals surface area contributed by atoms with Gasteiger partial charge in [0.1, 0.15) is 0 Å². The minimum Gasteiger partial charge on any atom is -0.493 e. The molecule has 0 spiro atoms. The molecular formula is C19H27ClN2O4. The minimum absolute atomic E-state index is 0.00215. The van der Waals surface area contributed by atoms with Crippen LogP contribution in [0.3, 0.4) is 0 Å². The summed E-state index contributed by atoms with van der Waals surface area (Å²) in [5, 5.41) is 0.386. The van der Waals surface area contributed by atoms with Crippen molar-refractivity contribution >= 4 is 17.5 Å². The second-order valence-corrected chi connectivity index (χ2v) is 7.25. The highest BCUT2D eigenvalue weighted by molar-refractivity contribution is 6.32. The van der Waals surface area contributed by atoms with Gasteiger partial charge in [-0.1, -0.05) is 11.6 Å². The van der Waals surface area contributed by atoms with Crippen molar-refractivity contribution in [3.8, 4) is 11.5 Å². The van der Waals surface area contributed by atoms with Crippen molar-refractivity contribution in [3.05, 3.63) is 22.7 Å². The highest BCUT2D eigenvalue weighted by Crippen LogP contribution is 2.36. The van der Waals surface area contributed by atoms with Gasteiger partial charge in [0.05, 0.1) is 32.5 Å². The number of nitrogens with zero attached hydrogens (tertiary/aromatic N) is 2. The number of amides is 1. The Bertz CT molecular complexity index is 626. The lowest BCUT2D eigenvalue weighted by Crippen LogP contribution is -2.44. The lowest BCUT2D eigenvalue weighted by molar-refractivity contribution is 0.0243. The van der Waals surface area contributed by atoms with Crippen LogP contribution in [0, 0.1) is 5.92 Å². The lowest BCUT2D eigenvalue weighted by Gasteiger charge is -2.36. The number of ether oxygens (including phenoxy) is 3. The molecule has 2 heterocycles. The number of carbonyl (C=O) groups is 1. The van der Waals surface area contributed by atoms with Crippen LogP contribution in [-0.2, 0) is 4.74 Å². The van der Waals surface area contributed by atoms with Crippen LogP contribution in [0.2, 0.25) is 5.02 Å². The smallest absolute Gasteiger partial charge is 0.254 e. The number of hydrogen-bond acceptors (Lipinski definition) is 5. The number of piperidine rings is 1. The van der Waals surface area contributed by atoms with Gasteiger partial charge in [-0.15, -0.1) is 0 Å². The molecule has 144 valence electrons. The second kappa shape index (κ2) is 8.93. The number of benzene rings is 1. The first-order valence-corrected chi connectivity index (χ1v) is 9.51. The van der Waals surface area contributed by atoms with Gasteiger partial charge in [0.2, 0.25) is 0 Å². The number of morpholine rings is 1. The van der Waals surface area contributed by atoms with Gasteiger partial charge in [0.25, 0.3) is 5.91 Å². The fourth-order valence-corrected chi connectivity index (χ4v) is 3.98. The molecule has 2 aliphatic heterocycles. The predicted molar refractivity (Wildman–Crippen MR) is 100 cm³/mol. The summed E-state index contributed by atoms with van der Waals surface area (Å²) >= 11 is 6.24. The van der Waals surface area contributed by atoms with Gasteiger partial charge in [0.15, 0.2) is 11.5 Å². The van der Waals surface area contributed by atoms with E-state index in [1.54, 1.807) is 19.2 Å². The average Bonchev–Trinajstić information content (AvgIpc) is 2.68. The molecule has 26 heavy (non-hydrogen) atoms. The first kappa shape index (κ1) is 19.3. The third-order valence-corrected chi connectivity index (χ3v) is 5.48. The number of carbonyl (C=O) groups excluding carboxylic acids is 1. The fraction of sp³-hybridized carbons (Fsp3) is 0.632. The molecule has 0 saturated carbocycles. The van der Waals surface area contributed by atoms with Crippen LogP contribution < -0.4 is 9.47 Å². The van der Waals surface area contributed by atoms with Gasteiger partial charge < -0.3 is 19.1 Å². The SMILES string of the molecule is COc1cc(C(=O)N2CCC(CN3CCOCC3)CC2)cc(Cl)c1OC. The Labute approximate surface area is 159 Å². The zero-order valence-corrected chi connectivity index (χ0v) is 16.3. The first-order chi connectivity index (χ1) is 12.6. The van der Waals surface area contributed by atoms with Gasteiger partial charge in [-0.2, -0.15) is 0 Å². The highest BCUT2D eigenvalue weighted by Gasteiger charge is 2.26. The molecule has 0 unspecified atom stereocenters. The summed E-state index contributed by atoms with van der Waals surface area (Å²) in [5.74, 6) is 1.57. The van der Waals surface area contributed by atoms with Crippen molar-refractivity contribution in [1.29, 1.82) is 0 Å². The molecule has 1 aromatic carbocycles. The summed E-state index contributed by atoms with van der Waals surface area (Å²) in [6.07, 6.45) is 2.06. The van der Waals surface area contributed by atoms with E-state index in [0.717, 1.165) is 58.8 Å². The van der Waals surface area contributed by atoms with E-state index in [9.17, 15) is 4.79 Å². The Balaban J connectivity index is 1.59. The molecule has 0 bridgehead atoms. The normalized spacial score (nSPS) is 19.4. The van der Waals surface area contributed by atoms with Gasteiger partial charge >= 0.3 is 0 Å². The molecule has 1 aromatic rings. The third-order valence-electron chi connectivity index (χ3n) is 5.20. The Morgan fingerprint density at radius 1 is 1.15 bits per heavy atom. The topological polar surface area (TPSA) is 51.2 Å². The van der Waals surface area contributed by atoms with Crippen LogP contribution in [0.5, 0.6) is 11.5 Å². The Morgan fingerprint density at radius 2 is 1.85 bits per heavy atom. The summed E-state index contributed by atoms with van der Waals surface area (Å²) < 4.78 is 15.9. The van der Waals surface area contributed by atoms with E-state index in [-0.39, 0.29) is 5.91 Å². The number of methoxy groups -OCH3 is 2. The van der Waals surface area contributed by atoms with Crippen molar-refractivity contribution < 1.29 is 19.0 Å². The molecule has 2 fully saturated rings. The minimum atomic E-state index is -0.00215. The van der Waals surface area contributed by atoms with Crippen LogP contribution >= 0.6 is 11.6 Å². The standard InChI is InChI=1S/C19H27ClN2O4/c1-24-17-12-15(11-16(20)18(17)25-2)19(23)22-5-3-14(4-6-22)13-21-7-9-26-10-8-21/h11-12,14H,3-10,13H2,1-2H3. The first-order valence-electron chi connectivity index (χ1n) is 9.13. The van der Waals surface area contributed by atoms with E-state index in [0.29, 0.717) is 28.0 Å². The maximum Gasteiger partial charge on any atom is 0.254 e. The summed E-state index contributed by atoms with van der Waals surface area (Å²) in [4.78, 5) is 17.2. The zero-order chi connectivity index (χ0) is 18.5. The van der Waals surface area contributed by atoms with E-state index in [1.807, 2.05) is 4.90 Å². The molecule has 0 atom stereocenters. The molecule has 2 aliphatic rings. The maximum atomic E-state index is 12.9. The number of hydrogen-bond donors (Lipinski definition) is 0. The summed E-state index contributed by atoms with van der Waals surface area (Å²) in [6, 6.07) is 3.36. The molecule has 0 radical (unpaired) electrons. The van der Waals surface area contributed by atoms with Crippen molar-refractivity contribution in [1.82, 2.24) is 9.80 Å². The van der Waals surface area contributed by atoms with Crippen LogP contribution in [0.1, 0.15) is 23.2 Å². The van der Waals surface area contributed by atoms with Crippen molar-refractivity contribution in [3.63, 3.8) is 0 Å². The maximum absolute atomic E-state index is 12.9. The average molecular weight is 383 g/mol. The quantitative estimate of drug-likeness (QED) is 0.783. The third kappa shape index (κ3) is 4.42. The molecule has 6 nitrogen and oxygen atoms in total. The van der Waals surface area contributed by atoms with Crippen LogP contribution in [0.15, 0.2) is 12.1 Å². The van der Waals surface area contributed by atoms with E-state index >= 15 is 0 Å². The van der Waals surface area contributed by atoms with Gasteiger partial charge in [-0.3, -0.25) is 9.69 Å². The Kier molecular flexibility index (Phi) is 6.62. The van der Waals surface area contributed by atoms with Crippen LogP contribution in [0.25, 0.3) is 0 Å². The molecule has 0 aromatic heterocycles. The Morgan fingerprint density at radius 3 is 2.46 bits per heavy atom. The van der Waals surface area contributed by atoms with Gasteiger partial charge in [-0.05, 0) is 30.9 Å². The van der Waals surface area contributed by atoms with E-state index in [4.69, 9.17) is 25.8 Å². The Hall–Kier alpha value is -1.50. The second-order valence-electron chi connectivity index (χ2n) is 6.84. The van der Waals surface area contributed by atoms with Crippen LogP contribution in [-0.4, -0.2) is 75.9 Å². The molecule has 2 saturated heterocycles. The highest BCUT2D eigenvalue weighted by atomic mass is 35.5. The molecule has 0 aliphatic carbocycles. The van der Waals surface area contributed by atoms with Gasteiger partial charge in [0, 0.05) is 38.3 Å². The molecule has 7 heteroatoms. The predicted octanol–water partition coefficient (Wildman–Crippen LogP) is 2.54. The summed E-state index contributed by atoms with van der Waals surface area (Å²) in [7, 11) is 3.07. The zero-order valence-electron chi connectivity index (χ0n) is 15.5. The van der Waals surface area contributed by atoms with E-state index < -0.39 is 0 Å². The summed E-state index contributed by atoms with van der Waals surface area (Å²) in [6.45, 7) is 6.36. The van der Waals surface area contributed by atoms with Crippen molar-refractivity contribution in [2.75, 3.05) is 60.2 Å². The van der Waals surface area contributed by atoms with Gasteiger partial charge in [-0.25, -0.2) is 0 Å². The number of halogens is 1. The van der Waals surface area contributed by atoms with Crippen molar-refractivity contribution in [2.24, 2.45) is 5.92 Å². The molecule has 3 rings (SSSR count). The van der Waals surface area contributed by atoms with Crippen molar-refractivity contribution in [2.45, 2.75) is 12.8 Å². The fourth-order valence-electron chi connectivity index (χ4n) is 3.69. The molecule has 1 amide bonds. The van der Waals surface area contributed by atoms with E-state index in [1.165, 1.54) is 7.11 Å². The van der Waals surface area contributed by atoms with E-state index in [2.05, 4.69) is 4.90 Å². The number of rotatable bonds is 5. The van der Waals surface area contributed by atoms with Crippen LogP contribution in [0.4, 0.5) is 0 Å². The number of likely N-dealkylation sites (tertiary alicyclic amines) is 1.